The first-order chi connectivity index (χ1) is 14.5. The van der Waals surface area contributed by atoms with Crippen LogP contribution in [0.1, 0.15) is 36.0 Å². The molecule has 3 atom stereocenters. The SMILES string of the molecule is CN1[C@@H]2CC[C@H]1CC(NC(=O)c1c(O)c3ccccc3n(-c3ccccc3)c1=O)C2. The Balaban J connectivity index is 1.58. The molecule has 154 valence electrons. The van der Waals surface area contributed by atoms with Crippen molar-refractivity contribution in [1.82, 2.24) is 14.8 Å². The number of fused-ring (bicyclic) bond motifs is 3. The first kappa shape index (κ1) is 18.9. The Kier molecular flexibility index (Phi) is 4.59. The molecule has 1 unspecified atom stereocenters. The largest absolute Gasteiger partial charge is 0.506 e. The van der Waals surface area contributed by atoms with Crippen LogP contribution >= 0.6 is 0 Å². The number of benzene rings is 2. The number of carbonyl (C=O) groups is 1. The second-order valence-electron chi connectivity index (χ2n) is 8.41. The van der Waals surface area contributed by atoms with Gasteiger partial charge in [-0.25, -0.2) is 0 Å². The molecule has 2 aromatic carbocycles. The molecule has 2 saturated heterocycles. The molecule has 1 aromatic heterocycles. The molecule has 2 fully saturated rings. The van der Waals surface area contributed by atoms with Crippen LogP contribution in [0, 0.1) is 0 Å². The number of para-hydroxylation sites is 2. The minimum Gasteiger partial charge on any atom is -0.506 e. The predicted molar refractivity (Wildman–Crippen MR) is 116 cm³/mol. The Morgan fingerprint density at radius 3 is 2.33 bits per heavy atom. The van der Waals surface area contributed by atoms with Crippen LogP contribution in [0.25, 0.3) is 16.6 Å². The van der Waals surface area contributed by atoms with E-state index in [0.717, 1.165) is 25.7 Å². The Labute approximate surface area is 174 Å². The number of aromatic nitrogens is 1. The van der Waals surface area contributed by atoms with Crippen LogP contribution in [0.5, 0.6) is 5.75 Å². The smallest absolute Gasteiger partial charge is 0.272 e. The summed E-state index contributed by atoms with van der Waals surface area (Å²) in [4.78, 5) is 29.0. The summed E-state index contributed by atoms with van der Waals surface area (Å²) in [5, 5.41) is 14.4. The van der Waals surface area contributed by atoms with Gasteiger partial charge >= 0.3 is 0 Å². The summed E-state index contributed by atoms with van der Waals surface area (Å²) in [6.07, 6.45) is 4.05. The van der Waals surface area contributed by atoms with Crippen LogP contribution in [-0.2, 0) is 0 Å². The van der Waals surface area contributed by atoms with E-state index in [-0.39, 0.29) is 17.4 Å². The van der Waals surface area contributed by atoms with Gasteiger partial charge in [-0.1, -0.05) is 30.3 Å². The third kappa shape index (κ3) is 2.99. The quantitative estimate of drug-likeness (QED) is 0.705. The number of rotatable bonds is 3. The van der Waals surface area contributed by atoms with Crippen LogP contribution in [0.3, 0.4) is 0 Å². The molecule has 0 radical (unpaired) electrons. The number of amides is 1. The fourth-order valence-corrected chi connectivity index (χ4v) is 5.15. The monoisotopic (exact) mass is 403 g/mol. The molecule has 2 bridgehead atoms. The normalized spacial score (nSPS) is 23.6. The molecule has 30 heavy (non-hydrogen) atoms. The van der Waals surface area contributed by atoms with Gasteiger partial charge in [0.25, 0.3) is 11.5 Å². The summed E-state index contributed by atoms with van der Waals surface area (Å²) in [6.45, 7) is 0. The Morgan fingerprint density at radius 2 is 1.63 bits per heavy atom. The number of carbonyl (C=O) groups excluding carboxylic acids is 1. The Hall–Kier alpha value is -3.12. The van der Waals surface area contributed by atoms with Gasteiger partial charge in [0.1, 0.15) is 11.3 Å². The van der Waals surface area contributed by atoms with E-state index in [4.69, 9.17) is 0 Å². The minimum atomic E-state index is -0.509. The average Bonchev–Trinajstić information content (AvgIpc) is 2.95. The summed E-state index contributed by atoms with van der Waals surface area (Å²) in [7, 11) is 2.15. The van der Waals surface area contributed by atoms with Crippen molar-refractivity contribution in [3.05, 3.63) is 70.5 Å². The van der Waals surface area contributed by atoms with E-state index >= 15 is 0 Å². The van der Waals surface area contributed by atoms with E-state index in [9.17, 15) is 14.7 Å². The molecule has 6 nitrogen and oxygen atoms in total. The topological polar surface area (TPSA) is 74.6 Å². The lowest BCUT2D eigenvalue weighted by Gasteiger charge is -2.36. The molecule has 0 saturated carbocycles. The van der Waals surface area contributed by atoms with Crippen LogP contribution in [-0.4, -0.2) is 45.7 Å². The first-order valence-electron chi connectivity index (χ1n) is 10.5. The minimum absolute atomic E-state index is 0.0154. The van der Waals surface area contributed by atoms with Gasteiger partial charge in [0.15, 0.2) is 0 Å². The molecule has 2 aliphatic heterocycles. The molecular formula is C24H25N3O3. The second-order valence-corrected chi connectivity index (χ2v) is 8.41. The van der Waals surface area contributed by atoms with Crippen molar-refractivity contribution in [1.29, 1.82) is 0 Å². The van der Waals surface area contributed by atoms with E-state index in [0.29, 0.717) is 28.7 Å². The summed E-state index contributed by atoms with van der Waals surface area (Å²) < 4.78 is 1.50. The summed E-state index contributed by atoms with van der Waals surface area (Å²) in [5.74, 6) is -0.752. The Bertz CT molecular complexity index is 1160. The highest BCUT2D eigenvalue weighted by Gasteiger charge is 2.39. The van der Waals surface area contributed by atoms with Crippen LogP contribution in [0.4, 0.5) is 0 Å². The summed E-state index contributed by atoms with van der Waals surface area (Å²) >= 11 is 0. The van der Waals surface area contributed by atoms with Gasteiger partial charge in [-0.3, -0.25) is 14.2 Å². The molecule has 0 spiro atoms. The predicted octanol–water partition coefficient (Wildman–Crippen LogP) is 3.05. The maximum absolute atomic E-state index is 13.4. The number of hydrogen-bond acceptors (Lipinski definition) is 4. The average molecular weight is 403 g/mol. The van der Waals surface area contributed by atoms with E-state index in [1.54, 1.807) is 18.2 Å². The summed E-state index contributed by atoms with van der Waals surface area (Å²) in [5.41, 5.74) is 0.528. The number of piperidine rings is 1. The standard InChI is InChI=1S/C24H25N3O3/c1-26-17-11-12-18(26)14-15(13-17)25-23(29)21-22(28)19-9-5-6-10-20(19)27(24(21)30)16-7-3-2-4-8-16/h2-10,15,17-18,28H,11-14H2,1H3,(H,25,29)/t15?,17-,18+. The molecule has 5 rings (SSSR count). The van der Waals surface area contributed by atoms with Gasteiger partial charge in [0.05, 0.1) is 5.52 Å². The molecule has 2 aliphatic rings. The zero-order valence-corrected chi connectivity index (χ0v) is 16.9. The Morgan fingerprint density at radius 1 is 1.00 bits per heavy atom. The van der Waals surface area contributed by atoms with E-state index < -0.39 is 11.5 Å². The molecular weight excluding hydrogens is 378 g/mol. The van der Waals surface area contributed by atoms with Gasteiger partial charge in [0.2, 0.25) is 0 Å². The van der Waals surface area contributed by atoms with Crippen molar-refractivity contribution in [3.63, 3.8) is 0 Å². The maximum atomic E-state index is 13.4. The number of hydrogen-bond donors (Lipinski definition) is 2. The third-order valence-electron chi connectivity index (χ3n) is 6.73. The van der Waals surface area contributed by atoms with Crippen molar-refractivity contribution in [3.8, 4) is 11.4 Å². The van der Waals surface area contributed by atoms with Gasteiger partial charge in [-0.15, -0.1) is 0 Å². The highest BCUT2D eigenvalue weighted by molar-refractivity contribution is 6.02. The van der Waals surface area contributed by atoms with E-state index in [2.05, 4.69) is 17.3 Å². The lowest BCUT2D eigenvalue weighted by Crippen LogP contribution is -2.49. The maximum Gasteiger partial charge on any atom is 0.272 e. The fraction of sp³-hybridized carbons (Fsp3) is 0.333. The van der Waals surface area contributed by atoms with Gasteiger partial charge in [-0.05, 0) is 57.0 Å². The van der Waals surface area contributed by atoms with Crippen molar-refractivity contribution in [2.45, 2.75) is 43.8 Å². The van der Waals surface area contributed by atoms with Crippen molar-refractivity contribution in [2.24, 2.45) is 0 Å². The first-order valence-corrected chi connectivity index (χ1v) is 10.5. The third-order valence-corrected chi connectivity index (χ3v) is 6.73. The van der Waals surface area contributed by atoms with Gasteiger partial charge in [-0.2, -0.15) is 0 Å². The van der Waals surface area contributed by atoms with Crippen LogP contribution < -0.4 is 10.9 Å². The molecule has 2 N–H and O–H groups in total. The number of aromatic hydroxyl groups is 1. The molecule has 3 heterocycles. The van der Waals surface area contributed by atoms with E-state index in [1.165, 1.54) is 4.57 Å². The van der Waals surface area contributed by atoms with Crippen molar-refractivity contribution in [2.75, 3.05) is 7.05 Å². The number of nitrogens with one attached hydrogen (secondary N) is 1. The molecule has 1 amide bonds. The second kappa shape index (κ2) is 7.29. The lowest BCUT2D eigenvalue weighted by molar-refractivity contribution is 0.0878. The summed E-state index contributed by atoms with van der Waals surface area (Å²) in [6, 6.07) is 17.3. The lowest BCUT2D eigenvalue weighted by atomic mass is 9.97. The van der Waals surface area contributed by atoms with Crippen LogP contribution in [0.15, 0.2) is 59.4 Å². The zero-order chi connectivity index (χ0) is 20.8. The van der Waals surface area contributed by atoms with Gasteiger partial charge < -0.3 is 15.3 Å². The fourth-order valence-electron chi connectivity index (χ4n) is 5.15. The van der Waals surface area contributed by atoms with Crippen molar-refractivity contribution >= 4 is 16.8 Å². The highest BCUT2D eigenvalue weighted by atomic mass is 16.3. The number of pyridine rings is 1. The molecule has 3 aromatic rings. The molecule has 6 heteroatoms. The number of nitrogens with zero attached hydrogens (tertiary/aromatic N) is 2. The van der Waals surface area contributed by atoms with Crippen molar-refractivity contribution < 1.29 is 9.90 Å². The van der Waals surface area contributed by atoms with E-state index in [1.807, 2.05) is 36.4 Å². The van der Waals surface area contributed by atoms with Gasteiger partial charge in [0, 0.05) is 29.2 Å². The molecule has 0 aliphatic carbocycles. The highest BCUT2D eigenvalue weighted by Crippen LogP contribution is 2.34. The zero-order valence-electron chi connectivity index (χ0n) is 16.9. The van der Waals surface area contributed by atoms with Crippen LogP contribution in [0.2, 0.25) is 0 Å².